The zero-order valence-corrected chi connectivity index (χ0v) is 17.2. The van der Waals surface area contributed by atoms with Gasteiger partial charge in [0.2, 0.25) is 11.8 Å². The fourth-order valence-electron chi connectivity index (χ4n) is 3.75. The van der Waals surface area contributed by atoms with E-state index in [0.29, 0.717) is 35.1 Å². The molecule has 4 N–H and O–H groups in total. The van der Waals surface area contributed by atoms with Gasteiger partial charge in [-0.05, 0) is 32.3 Å². The SMILES string of the molecule is C[C@H](C(N)=O)N(c1cncc(-c2c[nH]c3ncc(Cl)cc23)n1)C1CCCCNC1=O. The highest BCUT2D eigenvalue weighted by Gasteiger charge is 2.34. The number of anilines is 1. The Balaban J connectivity index is 1.79. The summed E-state index contributed by atoms with van der Waals surface area (Å²) in [7, 11) is 0. The van der Waals surface area contributed by atoms with Crippen LogP contribution in [-0.2, 0) is 9.59 Å². The minimum atomic E-state index is -0.734. The number of carbonyl (C=O) groups is 2. The number of hydrogen-bond acceptors (Lipinski definition) is 6. The molecule has 1 aliphatic heterocycles. The molecule has 9 nitrogen and oxygen atoms in total. The lowest BCUT2D eigenvalue weighted by molar-refractivity contribution is -0.122. The van der Waals surface area contributed by atoms with E-state index in [0.717, 1.165) is 23.8 Å². The number of hydrogen-bond donors (Lipinski definition) is 3. The van der Waals surface area contributed by atoms with Gasteiger partial charge < -0.3 is 20.9 Å². The normalized spacial score (nSPS) is 17.9. The molecule has 0 saturated carbocycles. The largest absolute Gasteiger partial charge is 0.368 e. The summed E-state index contributed by atoms with van der Waals surface area (Å²) in [5, 5.41) is 4.21. The van der Waals surface area contributed by atoms with Gasteiger partial charge in [-0.1, -0.05) is 11.6 Å². The fraction of sp³-hybridized carbons (Fsp3) is 0.350. The molecule has 0 radical (unpaired) electrons. The van der Waals surface area contributed by atoms with Crippen molar-refractivity contribution < 1.29 is 9.59 Å². The number of rotatable bonds is 5. The summed E-state index contributed by atoms with van der Waals surface area (Å²) in [6, 6.07) is 0.508. The Bertz CT molecular complexity index is 1100. The summed E-state index contributed by atoms with van der Waals surface area (Å²) in [5.41, 5.74) is 7.61. The van der Waals surface area contributed by atoms with E-state index in [-0.39, 0.29) is 5.91 Å². The van der Waals surface area contributed by atoms with Gasteiger partial charge in [-0.2, -0.15) is 0 Å². The first kappa shape index (κ1) is 20.1. The first-order chi connectivity index (χ1) is 14.5. The third kappa shape index (κ3) is 3.80. The molecule has 0 bridgehead atoms. The lowest BCUT2D eigenvalue weighted by Crippen LogP contribution is -2.54. The van der Waals surface area contributed by atoms with Gasteiger partial charge >= 0.3 is 0 Å². The molecule has 0 aliphatic carbocycles. The highest BCUT2D eigenvalue weighted by Crippen LogP contribution is 2.30. The summed E-state index contributed by atoms with van der Waals surface area (Å²) in [5.74, 6) is -0.275. The van der Waals surface area contributed by atoms with Crippen molar-refractivity contribution in [2.24, 2.45) is 5.73 Å². The minimum Gasteiger partial charge on any atom is -0.368 e. The quantitative estimate of drug-likeness (QED) is 0.571. The average Bonchev–Trinajstić information content (AvgIpc) is 3.03. The Kier molecular flexibility index (Phi) is 5.54. The van der Waals surface area contributed by atoms with E-state index in [1.165, 1.54) is 0 Å². The lowest BCUT2D eigenvalue weighted by atomic mass is 10.1. The minimum absolute atomic E-state index is 0.143. The molecule has 0 spiro atoms. The molecule has 3 aromatic rings. The van der Waals surface area contributed by atoms with Crippen LogP contribution in [0, 0.1) is 0 Å². The fourth-order valence-corrected chi connectivity index (χ4v) is 3.91. The lowest BCUT2D eigenvalue weighted by Gasteiger charge is -2.34. The predicted octanol–water partition coefficient (Wildman–Crippen LogP) is 2.02. The van der Waals surface area contributed by atoms with Crippen molar-refractivity contribution in [3.8, 4) is 11.3 Å². The van der Waals surface area contributed by atoms with Gasteiger partial charge in [0.05, 0.1) is 23.1 Å². The molecule has 1 aliphatic rings. The van der Waals surface area contributed by atoms with Gasteiger partial charge in [0.25, 0.3) is 0 Å². The average molecular weight is 428 g/mol. The highest BCUT2D eigenvalue weighted by molar-refractivity contribution is 6.31. The van der Waals surface area contributed by atoms with Crippen LogP contribution in [0.25, 0.3) is 22.3 Å². The number of nitrogens with zero attached hydrogens (tertiary/aromatic N) is 4. The maximum absolute atomic E-state index is 12.7. The van der Waals surface area contributed by atoms with E-state index in [9.17, 15) is 9.59 Å². The van der Waals surface area contributed by atoms with Crippen LogP contribution in [0.2, 0.25) is 5.02 Å². The van der Waals surface area contributed by atoms with Gasteiger partial charge in [-0.15, -0.1) is 0 Å². The van der Waals surface area contributed by atoms with Crippen LogP contribution in [0.5, 0.6) is 0 Å². The summed E-state index contributed by atoms with van der Waals surface area (Å²) in [6.45, 7) is 2.28. The molecule has 4 heterocycles. The first-order valence-corrected chi connectivity index (χ1v) is 10.1. The standard InChI is InChI=1S/C20H22ClN7O2/c1-11(18(22)29)28(16-4-2-3-5-24-20(16)30)17-10-23-9-15(27-17)14-8-26-19-13(14)6-12(21)7-25-19/h6-11,16H,2-5H2,1H3,(H2,22,29)(H,24,30)(H,25,26)/t11-,16?/m1/s1. The highest BCUT2D eigenvalue weighted by atomic mass is 35.5. The molecular weight excluding hydrogens is 406 g/mol. The summed E-state index contributed by atoms with van der Waals surface area (Å²) >= 11 is 6.11. The van der Waals surface area contributed by atoms with Crippen molar-refractivity contribution in [3.05, 3.63) is 35.9 Å². The van der Waals surface area contributed by atoms with Gasteiger partial charge in [-0.25, -0.2) is 9.97 Å². The number of amides is 2. The summed E-state index contributed by atoms with van der Waals surface area (Å²) < 4.78 is 0. The van der Waals surface area contributed by atoms with E-state index in [2.05, 4.69) is 20.3 Å². The van der Waals surface area contributed by atoms with E-state index in [1.54, 1.807) is 42.7 Å². The maximum Gasteiger partial charge on any atom is 0.242 e. The molecule has 2 atom stereocenters. The third-order valence-electron chi connectivity index (χ3n) is 5.33. The predicted molar refractivity (Wildman–Crippen MR) is 114 cm³/mol. The van der Waals surface area contributed by atoms with Crippen LogP contribution in [-0.4, -0.2) is 50.4 Å². The third-order valence-corrected chi connectivity index (χ3v) is 5.54. The van der Waals surface area contributed by atoms with E-state index < -0.39 is 18.0 Å². The van der Waals surface area contributed by atoms with Crippen LogP contribution < -0.4 is 16.0 Å². The van der Waals surface area contributed by atoms with Gasteiger partial charge in [0.1, 0.15) is 23.5 Å². The Morgan fingerprint density at radius 3 is 2.97 bits per heavy atom. The topological polar surface area (TPSA) is 130 Å². The van der Waals surface area contributed by atoms with E-state index >= 15 is 0 Å². The van der Waals surface area contributed by atoms with Gasteiger partial charge in [0.15, 0.2) is 0 Å². The molecule has 1 fully saturated rings. The number of carbonyl (C=O) groups excluding carboxylic acids is 2. The molecule has 10 heteroatoms. The van der Waals surface area contributed by atoms with Crippen molar-refractivity contribution in [1.29, 1.82) is 0 Å². The molecule has 4 rings (SSSR count). The second-order valence-electron chi connectivity index (χ2n) is 7.30. The number of primary amides is 1. The molecule has 2 amide bonds. The monoisotopic (exact) mass is 427 g/mol. The number of aromatic nitrogens is 4. The van der Waals surface area contributed by atoms with Gasteiger partial charge in [-0.3, -0.25) is 14.6 Å². The Hall–Kier alpha value is -3.20. The molecular formula is C20H22ClN7O2. The van der Waals surface area contributed by atoms with E-state index in [1.807, 2.05) is 0 Å². The molecule has 1 unspecified atom stereocenters. The number of halogens is 1. The van der Waals surface area contributed by atoms with Crippen molar-refractivity contribution in [2.75, 3.05) is 11.4 Å². The second-order valence-corrected chi connectivity index (χ2v) is 7.74. The number of H-pyrrole nitrogens is 1. The number of nitrogens with one attached hydrogen (secondary N) is 2. The zero-order valence-electron chi connectivity index (χ0n) is 16.4. The Morgan fingerprint density at radius 1 is 1.33 bits per heavy atom. The molecule has 156 valence electrons. The van der Waals surface area contributed by atoms with E-state index in [4.69, 9.17) is 22.3 Å². The Labute approximate surface area is 178 Å². The van der Waals surface area contributed by atoms with Crippen LogP contribution in [0.3, 0.4) is 0 Å². The van der Waals surface area contributed by atoms with Gasteiger partial charge in [0, 0.05) is 29.9 Å². The molecule has 0 aromatic carbocycles. The number of fused-ring (bicyclic) bond motifs is 1. The van der Waals surface area contributed by atoms with Crippen molar-refractivity contribution in [2.45, 2.75) is 38.3 Å². The first-order valence-electron chi connectivity index (χ1n) is 9.76. The van der Waals surface area contributed by atoms with Crippen molar-refractivity contribution in [3.63, 3.8) is 0 Å². The van der Waals surface area contributed by atoms with Crippen LogP contribution in [0.4, 0.5) is 5.82 Å². The smallest absolute Gasteiger partial charge is 0.242 e. The molecule has 1 saturated heterocycles. The number of nitrogens with two attached hydrogens (primary N) is 1. The Morgan fingerprint density at radius 2 is 2.17 bits per heavy atom. The maximum atomic E-state index is 12.7. The number of aromatic amines is 1. The van der Waals surface area contributed by atoms with Crippen molar-refractivity contribution >= 4 is 40.3 Å². The second kappa shape index (κ2) is 8.27. The molecule has 30 heavy (non-hydrogen) atoms. The number of pyridine rings is 1. The summed E-state index contributed by atoms with van der Waals surface area (Å²) in [6.07, 6.45) is 8.84. The van der Waals surface area contributed by atoms with Crippen molar-refractivity contribution in [1.82, 2.24) is 25.3 Å². The summed E-state index contributed by atoms with van der Waals surface area (Å²) in [4.78, 5) is 42.8. The van der Waals surface area contributed by atoms with Crippen LogP contribution in [0.1, 0.15) is 26.2 Å². The molecule has 3 aromatic heterocycles. The van der Waals surface area contributed by atoms with Crippen LogP contribution >= 0.6 is 11.6 Å². The van der Waals surface area contributed by atoms with Crippen LogP contribution in [0.15, 0.2) is 30.9 Å². The zero-order chi connectivity index (χ0) is 21.3.